The van der Waals surface area contributed by atoms with Crippen molar-refractivity contribution >= 4 is 5.97 Å². The molecule has 0 aromatic carbocycles. The normalized spacial score (nSPS) is 25.6. The first-order valence-corrected chi connectivity index (χ1v) is 5.71. The summed E-state index contributed by atoms with van der Waals surface area (Å²) >= 11 is 0. The third kappa shape index (κ3) is 3.06. The van der Waals surface area contributed by atoms with E-state index < -0.39 is 0 Å². The third-order valence-corrected chi connectivity index (χ3v) is 3.12. The van der Waals surface area contributed by atoms with Crippen molar-refractivity contribution in [2.75, 3.05) is 20.2 Å². The van der Waals surface area contributed by atoms with Crippen LogP contribution in [0.15, 0.2) is 12.2 Å². The molecule has 1 aliphatic rings. The molecule has 0 spiro atoms. The summed E-state index contributed by atoms with van der Waals surface area (Å²) in [4.78, 5) is 13.8. The minimum Gasteiger partial charge on any atom is -0.469 e. The van der Waals surface area contributed by atoms with E-state index in [4.69, 9.17) is 4.74 Å². The summed E-state index contributed by atoms with van der Waals surface area (Å²) in [5, 5.41) is 0. The van der Waals surface area contributed by atoms with E-state index in [0.29, 0.717) is 6.04 Å². The zero-order valence-corrected chi connectivity index (χ0v) is 9.90. The maximum absolute atomic E-state index is 11.4. The number of hydrogen-bond acceptors (Lipinski definition) is 3. The summed E-state index contributed by atoms with van der Waals surface area (Å²) in [6.07, 6.45) is 6.04. The molecule has 0 aliphatic heterocycles. The molecule has 0 fully saturated rings. The van der Waals surface area contributed by atoms with Gasteiger partial charge in [0.05, 0.1) is 13.0 Å². The number of rotatable bonds is 4. The molecule has 0 radical (unpaired) electrons. The van der Waals surface area contributed by atoms with Gasteiger partial charge in [-0.15, -0.1) is 0 Å². The number of ether oxygens (including phenoxy) is 1. The van der Waals surface area contributed by atoms with Crippen molar-refractivity contribution in [3.63, 3.8) is 0 Å². The predicted octanol–water partition coefficient (Wildman–Crippen LogP) is 1.84. The van der Waals surface area contributed by atoms with Gasteiger partial charge < -0.3 is 4.74 Å². The van der Waals surface area contributed by atoms with Gasteiger partial charge in [0.15, 0.2) is 0 Å². The van der Waals surface area contributed by atoms with Gasteiger partial charge in [0, 0.05) is 6.04 Å². The Kier molecular flexibility index (Phi) is 4.82. The summed E-state index contributed by atoms with van der Waals surface area (Å²) in [5.41, 5.74) is 0. The molecule has 1 aliphatic carbocycles. The summed E-state index contributed by atoms with van der Waals surface area (Å²) in [7, 11) is 1.47. The average molecular weight is 211 g/mol. The van der Waals surface area contributed by atoms with Gasteiger partial charge in [0.2, 0.25) is 0 Å². The number of likely N-dealkylation sites (N-methyl/N-ethyl adjacent to an activating group) is 1. The molecule has 86 valence electrons. The predicted molar refractivity (Wildman–Crippen MR) is 60.6 cm³/mol. The molecule has 1 rings (SSSR count). The van der Waals surface area contributed by atoms with Crippen LogP contribution in [-0.2, 0) is 9.53 Å². The summed E-state index contributed by atoms with van der Waals surface area (Å²) in [6, 6.07) is 0.401. The number of allylic oxidation sites excluding steroid dienone is 1. The standard InChI is InChI=1S/C12H21NO2/c1-4-13(5-2)11-8-6-7-10(9-11)12(14)15-3/h6,8,10-11H,4-5,7,9H2,1-3H3/t10-,11+/m1/s1. The van der Waals surface area contributed by atoms with Crippen molar-refractivity contribution in [2.45, 2.75) is 32.7 Å². The second-order valence-electron chi connectivity index (χ2n) is 3.91. The molecule has 0 saturated heterocycles. The van der Waals surface area contributed by atoms with Crippen molar-refractivity contribution < 1.29 is 9.53 Å². The van der Waals surface area contributed by atoms with Gasteiger partial charge in [-0.25, -0.2) is 0 Å². The highest BCUT2D eigenvalue weighted by molar-refractivity contribution is 5.72. The van der Waals surface area contributed by atoms with Gasteiger partial charge in [-0.1, -0.05) is 26.0 Å². The Bertz CT molecular complexity index is 234. The van der Waals surface area contributed by atoms with E-state index in [1.807, 2.05) is 0 Å². The summed E-state index contributed by atoms with van der Waals surface area (Å²) in [6.45, 7) is 6.36. The maximum Gasteiger partial charge on any atom is 0.309 e. The molecule has 0 saturated carbocycles. The number of esters is 1. The fraction of sp³-hybridized carbons (Fsp3) is 0.750. The lowest BCUT2D eigenvalue weighted by Gasteiger charge is -2.31. The van der Waals surface area contributed by atoms with Crippen molar-refractivity contribution in [2.24, 2.45) is 5.92 Å². The Labute approximate surface area is 92.1 Å². The molecule has 2 atom stereocenters. The topological polar surface area (TPSA) is 29.5 Å². The highest BCUT2D eigenvalue weighted by Crippen LogP contribution is 2.23. The molecule has 0 amide bonds. The van der Waals surface area contributed by atoms with E-state index in [9.17, 15) is 4.79 Å². The molecule has 0 heterocycles. The van der Waals surface area contributed by atoms with Crippen molar-refractivity contribution in [3.05, 3.63) is 12.2 Å². The van der Waals surface area contributed by atoms with Gasteiger partial charge in [0.25, 0.3) is 0 Å². The Morgan fingerprint density at radius 2 is 2.13 bits per heavy atom. The number of hydrogen-bond donors (Lipinski definition) is 0. The molecule has 0 aromatic rings. The second-order valence-corrected chi connectivity index (χ2v) is 3.91. The number of methoxy groups -OCH3 is 1. The maximum atomic E-state index is 11.4. The van der Waals surface area contributed by atoms with Gasteiger partial charge in [-0.2, -0.15) is 0 Å². The van der Waals surface area contributed by atoms with Crippen molar-refractivity contribution in [1.29, 1.82) is 0 Å². The van der Waals surface area contributed by atoms with Gasteiger partial charge in [-0.05, 0) is 25.9 Å². The number of carbonyl (C=O) groups is 1. The summed E-state index contributed by atoms with van der Waals surface area (Å²) in [5.74, 6) is -0.0258. The molecular weight excluding hydrogens is 190 g/mol. The van der Waals surface area contributed by atoms with Gasteiger partial charge in [0.1, 0.15) is 0 Å². The quantitative estimate of drug-likeness (QED) is 0.525. The van der Waals surface area contributed by atoms with Crippen LogP contribution < -0.4 is 0 Å². The van der Waals surface area contributed by atoms with Crippen LogP contribution in [-0.4, -0.2) is 37.1 Å². The second kappa shape index (κ2) is 5.91. The van der Waals surface area contributed by atoms with Gasteiger partial charge >= 0.3 is 5.97 Å². The smallest absolute Gasteiger partial charge is 0.309 e. The lowest BCUT2D eigenvalue weighted by molar-refractivity contribution is -0.146. The lowest BCUT2D eigenvalue weighted by atomic mass is 9.90. The van der Waals surface area contributed by atoms with E-state index in [0.717, 1.165) is 25.9 Å². The monoisotopic (exact) mass is 211 g/mol. The van der Waals surface area contributed by atoms with E-state index in [2.05, 4.69) is 30.9 Å². The van der Waals surface area contributed by atoms with Crippen LogP contribution in [0.5, 0.6) is 0 Å². The zero-order valence-electron chi connectivity index (χ0n) is 9.90. The molecule has 15 heavy (non-hydrogen) atoms. The van der Waals surface area contributed by atoms with Crippen LogP contribution in [0.3, 0.4) is 0 Å². The van der Waals surface area contributed by atoms with Crippen LogP contribution in [0.2, 0.25) is 0 Å². The highest BCUT2D eigenvalue weighted by Gasteiger charge is 2.26. The largest absolute Gasteiger partial charge is 0.469 e. The van der Waals surface area contributed by atoms with Crippen LogP contribution in [0, 0.1) is 5.92 Å². The summed E-state index contributed by atoms with van der Waals surface area (Å²) < 4.78 is 4.79. The fourth-order valence-corrected chi connectivity index (χ4v) is 2.19. The number of carbonyl (C=O) groups excluding carboxylic acids is 1. The molecule has 0 aromatic heterocycles. The molecule has 0 unspecified atom stereocenters. The molecule has 3 nitrogen and oxygen atoms in total. The fourth-order valence-electron chi connectivity index (χ4n) is 2.19. The van der Waals surface area contributed by atoms with E-state index in [-0.39, 0.29) is 11.9 Å². The molecule has 0 bridgehead atoms. The van der Waals surface area contributed by atoms with Gasteiger partial charge in [-0.3, -0.25) is 9.69 Å². The minimum absolute atomic E-state index is 0.0469. The SMILES string of the molecule is CCN(CC)[C@H]1C=CC[C@@H](C(=O)OC)C1. The first-order chi connectivity index (χ1) is 7.22. The minimum atomic E-state index is -0.0727. The Morgan fingerprint density at radius 3 is 2.67 bits per heavy atom. The highest BCUT2D eigenvalue weighted by atomic mass is 16.5. The first-order valence-electron chi connectivity index (χ1n) is 5.71. The van der Waals surface area contributed by atoms with Crippen LogP contribution in [0.25, 0.3) is 0 Å². The molecular formula is C12H21NO2. The third-order valence-electron chi connectivity index (χ3n) is 3.12. The lowest BCUT2D eigenvalue weighted by Crippen LogP contribution is -2.38. The van der Waals surface area contributed by atoms with E-state index in [1.54, 1.807) is 0 Å². The Balaban J connectivity index is 2.59. The Hall–Kier alpha value is -0.830. The van der Waals surface area contributed by atoms with E-state index >= 15 is 0 Å². The van der Waals surface area contributed by atoms with E-state index in [1.165, 1.54) is 7.11 Å². The van der Waals surface area contributed by atoms with Crippen molar-refractivity contribution in [3.8, 4) is 0 Å². The van der Waals surface area contributed by atoms with Crippen molar-refractivity contribution in [1.82, 2.24) is 4.90 Å². The van der Waals surface area contributed by atoms with Crippen LogP contribution in [0.1, 0.15) is 26.7 Å². The van der Waals surface area contributed by atoms with Crippen LogP contribution in [0.4, 0.5) is 0 Å². The first kappa shape index (κ1) is 12.2. The molecule has 3 heteroatoms. The number of nitrogens with zero attached hydrogens (tertiary/aromatic N) is 1. The molecule has 0 N–H and O–H groups in total. The zero-order chi connectivity index (χ0) is 11.3. The van der Waals surface area contributed by atoms with Crippen LogP contribution >= 0.6 is 0 Å². The average Bonchev–Trinajstić information content (AvgIpc) is 2.30. The Morgan fingerprint density at radius 1 is 1.47 bits per heavy atom.